The fourth-order valence-electron chi connectivity index (χ4n) is 0.999. The largest absolute Gasteiger partial charge is 0.492 e. The van der Waals surface area contributed by atoms with E-state index in [9.17, 15) is 4.39 Å². The number of hydrogen-bond donors (Lipinski definition) is 1. The summed E-state index contributed by atoms with van der Waals surface area (Å²) in [6, 6.07) is 6.07. The molecule has 1 rings (SSSR count). The van der Waals surface area contributed by atoms with E-state index in [-0.39, 0.29) is 11.3 Å². The first-order valence-corrected chi connectivity index (χ1v) is 4.31. The first-order valence-electron chi connectivity index (χ1n) is 4.31. The smallest absolute Gasteiger partial charge is 0.144 e. The van der Waals surface area contributed by atoms with Crippen molar-refractivity contribution < 1.29 is 9.13 Å². The highest BCUT2D eigenvalue weighted by Crippen LogP contribution is 2.20. The summed E-state index contributed by atoms with van der Waals surface area (Å²) in [6.07, 6.45) is 0.682. The van der Waals surface area contributed by atoms with Gasteiger partial charge in [0.2, 0.25) is 0 Å². The van der Waals surface area contributed by atoms with Gasteiger partial charge in [-0.2, -0.15) is 5.26 Å². The first-order chi connectivity index (χ1) is 6.79. The van der Waals surface area contributed by atoms with Crippen LogP contribution in [0.1, 0.15) is 12.0 Å². The van der Waals surface area contributed by atoms with Crippen LogP contribution < -0.4 is 10.5 Å². The van der Waals surface area contributed by atoms with Crippen molar-refractivity contribution in [2.24, 2.45) is 5.73 Å². The average Bonchev–Trinajstić information content (AvgIpc) is 2.18. The maximum atomic E-state index is 13.0. The van der Waals surface area contributed by atoms with Gasteiger partial charge in [0.25, 0.3) is 0 Å². The van der Waals surface area contributed by atoms with Crippen molar-refractivity contribution in [1.29, 1.82) is 5.26 Å². The Morgan fingerprint density at radius 2 is 2.29 bits per heavy atom. The van der Waals surface area contributed by atoms with Gasteiger partial charge in [0.1, 0.15) is 23.2 Å². The second kappa shape index (κ2) is 5.20. The van der Waals surface area contributed by atoms with Crippen LogP contribution in [0.5, 0.6) is 5.75 Å². The standard InChI is InChI=1S/C10H11FN2O/c11-9-3-1-4-10(8(9)7-13)14-6-2-5-12/h1,3-4H,2,5-6,12H2. The zero-order chi connectivity index (χ0) is 10.4. The molecule has 0 aromatic heterocycles. The molecular formula is C10H11FN2O. The third kappa shape index (κ3) is 2.44. The van der Waals surface area contributed by atoms with Gasteiger partial charge in [0, 0.05) is 0 Å². The van der Waals surface area contributed by atoms with E-state index in [2.05, 4.69) is 0 Å². The molecule has 0 spiro atoms. The van der Waals surface area contributed by atoms with E-state index in [0.29, 0.717) is 19.6 Å². The Labute approximate surface area is 81.9 Å². The van der Waals surface area contributed by atoms with Gasteiger partial charge in [-0.15, -0.1) is 0 Å². The van der Waals surface area contributed by atoms with Crippen LogP contribution >= 0.6 is 0 Å². The normalized spacial score (nSPS) is 9.50. The molecule has 0 bridgehead atoms. The van der Waals surface area contributed by atoms with Crippen LogP contribution in [-0.2, 0) is 0 Å². The Kier molecular flexibility index (Phi) is 3.89. The highest BCUT2D eigenvalue weighted by molar-refractivity contribution is 5.43. The SMILES string of the molecule is N#Cc1c(F)cccc1OCCCN. The lowest BCUT2D eigenvalue weighted by atomic mass is 10.2. The Balaban J connectivity index is 2.76. The van der Waals surface area contributed by atoms with E-state index in [1.54, 1.807) is 12.1 Å². The van der Waals surface area contributed by atoms with Gasteiger partial charge in [0.15, 0.2) is 0 Å². The van der Waals surface area contributed by atoms with E-state index in [0.717, 1.165) is 0 Å². The molecule has 14 heavy (non-hydrogen) atoms. The summed E-state index contributed by atoms with van der Waals surface area (Å²) < 4.78 is 18.2. The fourth-order valence-corrected chi connectivity index (χ4v) is 0.999. The van der Waals surface area contributed by atoms with E-state index in [4.69, 9.17) is 15.7 Å². The minimum Gasteiger partial charge on any atom is -0.492 e. The maximum absolute atomic E-state index is 13.0. The Hall–Kier alpha value is -1.60. The zero-order valence-electron chi connectivity index (χ0n) is 7.66. The molecule has 0 fully saturated rings. The van der Waals surface area contributed by atoms with Crippen LogP contribution in [0.4, 0.5) is 4.39 Å². The van der Waals surface area contributed by atoms with E-state index in [1.807, 2.05) is 0 Å². The van der Waals surface area contributed by atoms with E-state index >= 15 is 0 Å². The third-order valence-electron chi connectivity index (χ3n) is 1.69. The van der Waals surface area contributed by atoms with Crippen molar-refractivity contribution >= 4 is 0 Å². The molecule has 1 aromatic rings. The van der Waals surface area contributed by atoms with Crippen molar-refractivity contribution in [1.82, 2.24) is 0 Å². The molecule has 0 amide bonds. The lowest BCUT2D eigenvalue weighted by Crippen LogP contribution is -2.07. The average molecular weight is 194 g/mol. The third-order valence-corrected chi connectivity index (χ3v) is 1.69. The molecular weight excluding hydrogens is 183 g/mol. The van der Waals surface area contributed by atoms with Crippen LogP contribution in [0, 0.1) is 17.1 Å². The predicted octanol–water partition coefficient (Wildman–Crippen LogP) is 1.42. The second-order valence-electron chi connectivity index (χ2n) is 2.72. The molecule has 3 nitrogen and oxygen atoms in total. The Morgan fingerprint density at radius 1 is 1.50 bits per heavy atom. The molecule has 0 aliphatic rings. The molecule has 0 radical (unpaired) electrons. The molecule has 1 aromatic carbocycles. The van der Waals surface area contributed by atoms with Gasteiger partial charge in [0.05, 0.1) is 6.61 Å². The van der Waals surface area contributed by atoms with Crippen molar-refractivity contribution in [2.75, 3.05) is 13.2 Å². The summed E-state index contributed by atoms with van der Waals surface area (Å²) in [5, 5.41) is 8.66. The van der Waals surface area contributed by atoms with Crippen molar-refractivity contribution in [2.45, 2.75) is 6.42 Å². The molecule has 0 aliphatic heterocycles. The van der Waals surface area contributed by atoms with Gasteiger partial charge >= 0.3 is 0 Å². The van der Waals surface area contributed by atoms with Crippen LogP contribution in [0.3, 0.4) is 0 Å². The maximum Gasteiger partial charge on any atom is 0.144 e. The van der Waals surface area contributed by atoms with E-state index < -0.39 is 5.82 Å². The number of ether oxygens (including phenoxy) is 1. The topological polar surface area (TPSA) is 59.0 Å². The van der Waals surface area contributed by atoms with E-state index in [1.165, 1.54) is 12.1 Å². The van der Waals surface area contributed by atoms with Gasteiger partial charge in [-0.05, 0) is 25.1 Å². The summed E-state index contributed by atoms with van der Waals surface area (Å²) in [5.74, 6) is -0.279. The monoisotopic (exact) mass is 194 g/mol. The molecule has 0 aliphatic carbocycles. The molecule has 0 heterocycles. The second-order valence-corrected chi connectivity index (χ2v) is 2.72. The minimum atomic E-state index is -0.558. The molecule has 0 saturated heterocycles. The zero-order valence-corrected chi connectivity index (χ0v) is 7.66. The number of nitrogens with two attached hydrogens (primary N) is 1. The summed E-state index contributed by atoms with van der Waals surface area (Å²) in [4.78, 5) is 0. The lowest BCUT2D eigenvalue weighted by molar-refractivity contribution is 0.311. The highest BCUT2D eigenvalue weighted by atomic mass is 19.1. The minimum absolute atomic E-state index is 0.0514. The van der Waals surface area contributed by atoms with Crippen LogP contribution in [0.15, 0.2) is 18.2 Å². The summed E-state index contributed by atoms with van der Waals surface area (Å²) >= 11 is 0. The number of nitrogens with zero attached hydrogens (tertiary/aromatic N) is 1. The van der Waals surface area contributed by atoms with Crippen LogP contribution in [0.25, 0.3) is 0 Å². The number of hydrogen-bond acceptors (Lipinski definition) is 3. The van der Waals surface area contributed by atoms with Crippen molar-refractivity contribution in [3.8, 4) is 11.8 Å². The Morgan fingerprint density at radius 3 is 2.93 bits per heavy atom. The fraction of sp³-hybridized carbons (Fsp3) is 0.300. The molecule has 74 valence electrons. The highest BCUT2D eigenvalue weighted by Gasteiger charge is 2.07. The van der Waals surface area contributed by atoms with Gasteiger partial charge in [-0.1, -0.05) is 6.07 Å². The molecule has 0 unspecified atom stereocenters. The van der Waals surface area contributed by atoms with Gasteiger partial charge in [-0.25, -0.2) is 4.39 Å². The molecule has 0 saturated carbocycles. The van der Waals surface area contributed by atoms with Gasteiger partial charge in [-0.3, -0.25) is 0 Å². The number of benzene rings is 1. The predicted molar refractivity (Wildman–Crippen MR) is 50.3 cm³/mol. The molecule has 4 heteroatoms. The summed E-state index contributed by atoms with van der Waals surface area (Å²) in [5.41, 5.74) is 5.22. The van der Waals surface area contributed by atoms with Crippen molar-refractivity contribution in [3.63, 3.8) is 0 Å². The number of nitriles is 1. The first kappa shape index (κ1) is 10.5. The van der Waals surface area contributed by atoms with Crippen molar-refractivity contribution in [3.05, 3.63) is 29.6 Å². The van der Waals surface area contributed by atoms with Gasteiger partial charge < -0.3 is 10.5 Å². The Bertz CT molecular complexity index is 346. The number of rotatable bonds is 4. The summed E-state index contributed by atoms with van der Waals surface area (Å²) in [6.45, 7) is 0.909. The lowest BCUT2D eigenvalue weighted by Gasteiger charge is -2.06. The molecule has 2 N–H and O–H groups in total. The van der Waals surface area contributed by atoms with Crippen LogP contribution in [-0.4, -0.2) is 13.2 Å². The summed E-state index contributed by atoms with van der Waals surface area (Å²) in [7, 11) is 0. The van der Waals surface area contributed by atoms with Crippen LogP contribution in [0.2, 0.25) is 0 Å². The quantitative estimate of drug-likeness (QED) is 0.737. The number of halogens is 1. The molecule has 0 atom stereocenters.